The third-order valence-electron chi connectivity index (χ3n) is 3.70. The van der Waals surface area contributed by atoms with Crippen LogP contribution in [-0.4, -0.2) is 30.4 Å². The van der Waals surface area contributed by atoms with Crippen molar-refractivity contribution in [1.82, 2.24) is 4.90 Å². The van der Waals surface area contributed by atoms with Crippen LogP contribution in [0.4, 0.5) is 4.39 Å². The van der Waals surface area contributed by atoms with Crippen LogP contribution in [-0.2, 0) is 9.59 Å². The van der Waals surface area contributed by atoms with E-state index in [-0.39, 0.29) is 30.5 Å². The molecule has 0 bridgehead atoms. The monoisotopic (exact) mass is 294 g/mol. The van der Waals surface area contributed by atoms with Crippen LogP contribution in [0.2, 0.25) is 0 Å². The summed E-state index contributed by atoms with van der Waals surface area (Å²) in [6.07, 6.45) is 0.176. The summed E-state index contributed by atoms with van der Waals surface area (Å²) >= 11 is 0. The number of likely N-dealkylation sites (tertiary alicyclic amines) is 1. The molecular formula is C15H19FN2O3. The minimum atomic E-state index is -0.692. The number of hydrogen-bond donors (Lipinski definition) is 1. The lowest BCUT2D eigenvalue weighted by molar-refractivity contribution is -0.141. The van der Waals surface area contributed by atoms with E-state index in [9.17, 15) is 14.0 Å². The average molecular weight is 294 g/mol. The molecule has 5 nitrogen and oxygen atoms in total. The number of benzene rings is 1. The molecule has 21 heavy (non-hydrogen) atoms. The molecule has 2 rings (SSSR count). The third kappa shape index (κ3) is 2.90. The van der Waals surface area contributed by atoms with Gasteiger partial charge in [-0.25, -0.2) is 4.39 Å². The zero-order valence-corrected chi connectivity index (χ0v) is 12.4. The molecule has 2 amide bonds. The lowest BCUT2D eigenvalue weighted by atomic mass is 9.92. The molecule has 0 aliphatic carbocycles. The van der Waals surface area contributed by atoms with E-state index in [1.54, 1.807) is 19.9 Å². The second-order valence-electron chi connectivity index (χ2n) is 5.87. The first kappa shape index (κ1) is 15.4. The summed E-state index contributed by atoms with van der Waals surface area (Å²) in [5.74, 6) is -0.878. The van der Waals surface area contributed by atoms with Gasteiger partial charge in [0.05, 0.1) is 12.5 Å². The van der Waals surface area contributed by atoms with Gasteiger partial charge in [-0.1, -0.05) is 19.9 Å². The van der Waals surface area contributed by atoms with Crippen molar-refractivity contribution in [2.75, 3.05) is 13.7 Å². The molecule has 1 aliphatic heterocycles. The van der Waals surface area contributed by atoms with Gasteiger partial charge in [-0.15, -0.1) is 0 Å². The third-order valence-corrected chi connectivity index (χ3v) is 3.70. The Morgan fingerprint density at radius 1 is 1.43 bits per heavy atom. The molecule has 6 heteroatoms. The van der Waals surface area contributed by atoms with Crippen LogP contribution in [0.1, 0.15) is 31.9 Å². The molecule has 1 aliphatic rings. The highest BCUT2D eigenvalue weighted by Crippen LogP contribution is 2.32. The van der Waals surface area contributed by atoms with Crippen LogP contribution in [0.15, 0.2) is 18.2 Å². The van der Waals surface area contributed by atoms with E-state index in [4.69, 9.17) is 10.5 Å². The number of hydrogen-bond acceptors (Lipinski definition) is 4. The van der Waals surface area contributed by atoms with Crippen LogP contribution < -0.4 is 10.5 Å². The molecule has 0 saturated carbocycles. The first-order valence-corrected chi connectivity index (χ1v) is 6.70. The predicted molar refractivity (Wildman–Crippen MR) is 75.0 cm³/mol. The number of nitrogens with two attached hydrogens (primary N) is 1. The summed E-state index contributed by atoms with van der Waals surface area (Å²) in [5.41, 5.74) is 5.81. The SMILES string of the molecule is COc1ccc(C(N)CN2C(=O)CC(C)(C)C2=O)cc1F. The van der Waals surface area contributed by atoms with E-state index < -0.39 is 17.3 Å². The van der Waals surface area contributed by atoms with Crippen LogP contribution in [0.3, 0.4) is 0 Å². The molecule has 1 fully saturated rings. The van der Waals surface area contributed by atoms with Gasteiger partial charge in [-0.3, -0.25) is 14.5 Å². The van der Waals surface area contributed by atoms with Gasteiger partial charge in [0.2, 0.25) is 11.8 Å². The van der Waals surface area contributed by atoms with Crippen molar-refractivity contribution < 1.29 is 18.7 Å². The zero-order chi connectivity index (χ0) is 15.8. The predicted octanol–water partition coefficient (Wildman–Crippen LogP) is 1.62. The summed E-state index contributed by atoms with van der Waals surface area (Å²) in [4.78, 5) is 25.2. The number of methoxy groups -OCH3 is 1. The number of carbonyl (C=O) groups excluding carboxylic acids is 2. The second-order valence-corrected chi connectivity index (χ2v) is 5.87. The summed E-state index contributed by atoms with van der Waals surface area (Å²) in [6.45, 7) is 3.50. The highest BCUT2D eigenvalue weighted by atomic mass is 19.1. The fourth-order valence-electron chi connectivity index (χ4n) is 2.43. The van der Waals surface area contributed by atoms with Gasteiger partial charge < -0.3 is 10.5 Å². The maximum absolute atomic E-state index is 13.7. The van der Waals surface area contributed by atoms with Gasteiger partial charge in [0.15, 0.2) is 11.6 Å². The van der Waals surface area contributed by atoms with Crippen LogP contribution in [0.5, 0.6) is 5.75 Å². The molecule has 2 N–H and O–H groups in total. The molecule has 0 aromatic heterocycles. The largest absolute Gasteiger partial charge is 0.494 e. The number of rotatable bonds is 4. The van der Waals surface area contributed by atoms with Crippen molar-refractivity contribution in [3.8, 4) is 5.75 Å². The Morgan fingerprint density at radius 2 is 2.10 bits per heavy atom. The molecule has 1 saturated heterocycles. The van der Waals surface area contributed by atoms with E-state index in [1.165, 1.54) is 19.2 Å². The minimum Gasteiger partial charge on any atom is -0.494 e. The molecule has 114 valence electrons. The van der Waals surface area contributed by atoms with Gasteiger partial charge in [-0.05, 0) is 17.7 Å². The first-order chi connectivity index (χ1) is 9.76. The Morgan fingerprint density at radius 3 is 2.57 bits per heavy atom. The van der Waals surface area contributed by atoms with Crippen molar-refractivity contribution in [1.29, 1.82) is 0 Å². The maximum atomic E-state index is 13.7. The first-order valence-electron chi connectivity index (χ1n) is 6.70. The van der Waals surface area contributed by atoms with Crippen LogP contribution in [0.25, 0.3) is 0 Å². The number of amides is 2. The van der Waals surface area contributed by atoms with Crippen molar-refractivity contribution in [2.45, 2.75) is 26.3 Å². The van der Waals surface area contributed by atoms with Crippen molar-refractivity contribution in [3.05, 3.63) is 29.6 Å². The van der Waals surface area contributed by atoms with E-state index in [2.05, 4.69) is 0 Å². The van der Waals surface area contributed by atoms with E-state index in [0.717, 1.165) is 4.90 Å². The number of nitrogens with zero attached hydrogens (tertiary/aromatic N) is 1. The number of carbonyl (C=O) groups is 2. The maximum Gasteiger partial charge on any atom is 0.235 e. The molecule has 1 heterocycles. The number of halogens is 1. The summed E-state index contributed by atoms with van der Waals surface area (Å²) < 4.78 is 18.5. The van der Waals surface area contributed by atoms with Gasteiger partial charge in [0, 0.05) is 19.0 Å². The van der Waals surface area contributed by atoms with Crippen molar-refractivity contribution in [2.24, 2.45) is 11.1 Å². The quantitative estimate of drug-likeness (QED) is 0.856. The summed E-state index contributed by atoms with van der Waals surface area (Å²) in [5, 5.41) is 0. The molecule has 1 aromatic rings. The van der Waals surface area contributed by atoms with E-state index >= 15 is 0 Å². The van der Waals surface area contributed by atoms with Crippen molar-refractivity contribution in [3.63, 3.8) is 0 Å². The van der Waals surface area contributed by atoms with Gasteiger partial charge in [0.25, 0.3) is 0 Å². The van der Waals surface area contributed by atoms with Crippen LogP contribution >= 0.6 is 0 Å². The minimum absolute atomic E-state index is 0.0485. The molecule has 1 unspecified atom stereocenters. The molecule has 1 atom stereocenters. The Bertz CT molecular complexity index is 586. The normalized spacial score (nSPS) is 19.0. The smallest absolute Gasteiger partial charge is 0.235 e. The fourth-order valence-corrected chi connectivity index (χ4v) is 2.43. The Hall–Kier alpha value is -1.95. The van der Waals surface area contributed by atoms with E-state index in [1.807, 2.05) is 0 Å². The average Bonchev–Trinajstić information content (AvgIpc) is 2.60. The second kappa shape index (κ2) is 5.44. The molecule has 0 spiro atoms. The van der Waals surface area contributed by atoms with Crippen LogP contribution in [0, 0.1) is 11.2 Å². The summed E-state index contributed by atoms with van der Waals surface area (Å²) in [7, 11) is 1.38. The molecule has 0 radical (unpaired) electrons. The van der Waals surface area contributed by atoms with Crippen molar-refractivity contribution >= 4 is 11.8 Å². The molecular weight excluding hydrogens is 275 g/mol. The zero-order valence-electron chi connectivity index (χ0n) is 12.4. The van der Waals surface area contributed by atoms with E-state index in [0.29, 0.717) is 5.56 Å². The van der Waals surface area contributed by atoms with Gasteiger partial charge in [0.1, 0.15) is 0 Å². The highest BCUT2D eigenvalue weighted by molar-refractivity contribution is 6.05. The number of ether oxygens (including phenoxy) is 1. The Labute approximate surface area is 122 Å². The Balaban J connectivity index is 2.15. The lowest BCUT2D eigenvalue weighted by Crippen LogP contribution is -2.38. The van der Waals surface area contributed by atoms with Gasteiger partial charge >= 0.3 is 0 Å². The highest BCUT2D eigenvalue weighted by Gasteiger charge is 2.45. The Kier molecular flexibility index (Phi) is 4.00. The topological polar surface area (TPSA) is 72.6 Å². The summed E-state index contributed by atoms with van der Waals surface area (Å²) in [6, 6.07) is 3.73. The standard InChI is InChI=1S/C15H19FN2O3/c1-15(2)7-13(19)18(14(15)20)8-11(17)9-4-5-12(21-3)10(16)6-9/h4-6,11H,7-8,17H2,1-3H3. The van der Waals surface area contributed by atoms with Gasteiger partial charge in [-0.2, -0.15) is 0 Å². The molecule has 1 aromatic carbocycles. The number of imide groups is 1. The lowest BCUT2D eigenvalue weighted by Gasteiger charge is -2.22. The fraction of sp³-hybridized carbons (Fsp3) is 0.467.